The van der Waals surface area contributed by atoms with Crippen LogP contribution in [-0.2, 0) is 12.4 Å². The van der Waals surface area contributed by atoms with Gasteiger partial charge in [0, 0.05) is 16.7 Å². The van der Waals surface area contributed by atoms with Gasteiger partial charge in [-0.15, -0.1) is 0 Å². The first-order valence-corrected chi connectivity index (χ1v) is 19.9. The SMILES string of the molecule is FC(F)(F)c1cccc(-c2cc(-c3cccc(C(F)(F)F)c3)c(N3c4ccccc4Oc4ccccc43)c(C3CCCCC3)c2N2c3ccccc3Oc3ccccc32)c1. The van der Waals surface area contributed by atoms with Crippen LogP contribution in [0.15, 0.2) is 152 Å². The largest absolute Gasteiger partial charge is 0.453 e. The van der Waals surface area contributed by atoms with Crippen molar-refractivity contribution >= 4 is 34.1 Å². The molecule has 4 nitrogen and oxygen atoms in total. The second kappa shape index (κ2) is 14.5. The Labute approximate surface area is 342 Å². The Bertz CT molecular complexity index is 2500. The van der Waals surface area contributed by atoms with Crippen LogP contribution in [0.4, 0.5) is 60.5 Å². The van der Waals surface area contributed by atoms with Crippen molar-refractivity contribution in [1.82, 2.24) is 0 Å². The van der Waals surface area contributed by atoms with Crippen LogP contribution in [0.5, 0.6) is 23.0 Å². The summed E-state index contributed by atoms with van der Waals surface area (Å²) >= 11 is 0. The number of hydrogen-bond acceptors (Lipinski definition) is 4. The van der Waals surface area contributed by atoms with Crippen molar-refractivity contribution in [3.05, 3.63) is 168 Å². The smallest absolute Gasteiger partial charge is 0.416 e. The maximum Gasteiger partial charge on any atom is 0.416 e. The van der Waals surface area contributed by atoms with Crippen molar-refractivity contribution in [2.75, 3.05) is 9.80 Å². The Balaban J connectivity index is 1.43. The molecule has 0 spiro atoms. The van der Waals surface area contributed by atoms with Crippen molar-refractivity contribution in [3.8, 4) is 45.3 Å². The topological polar surface area (TPSA) is 24.9 Å². The Morgan fingerprint density at radius 3 is 1.15 bits per heavy atom. The summed E-state index contributed by atoms with van der Waals surface area (Å²) in [6, 6.07) is 42.3. The number of para-hydroxylation sites is 8. The average molecular weight is 811 g/mol. The fourth-order valence-electron chi connectivity index (χ4n) is 9.00. The van der Waals surface area contributed by atoms with Gasteiger partial charge in [0.05, 0.1) is 45.3 Å². The van der Waals surface area contributed by atoms with Crippen molar-refractivity contribution in [3.63, 3.8) is 0 Å². The number of nitrogens with zero attached hydrogens (tertiary/aromatic N) is 2. The van der Waals surface area contributed by atoms with E-state index in [-0.39, 0.29) is 17.0 Å². The van der Waals surface area contributed by atoms with Gasteiger partial charge in [-0.3, -0.25) is 0 Å². The molecule has 1 aliphatic carbocycles. The van der Waals surface area contributed by atoms with Gasteiger partial charge in [-0.2, -0.15) is 26.3 Å². The lowest BCUT2D eigenvalue weighted by atomic mass is 9.78. The molecule has 0 atom stereocenters. The van der Waals surface area contributed by atoms with Gasteiger partial charge in [-0.1, -0.05) is 92.1 Å². The van der Waals surface area contributed by atoms with E-state index in [0.29, 0.717) is 68.2 Å². The molecule has 300 valence electrons. The Morgan fingerprint density at radius 1 is 0.417 bits per heavy atom. The molecule has 0 N–H and O–H groups in total. The van der Waals surface area contributed by atoms with Crippen LogP contribution in [0.25, 0.3) is 22.3 Å². The van der Waals surface area contributed by atoms with Gasteiger partial charge in [-0.25, -0.2) is 0 Å². The van der Waals surface area contributed by atoms with Crippen molar-refractivity contribution in [2.45, 2.75) is 50.4 Å². The number of anilines is 6. The molecule has 60 heavy (non-hydrogen) atoms. The summed E-state index contributed by atoms with van der Waals surface area (Å²) in [6.45, 7) is 0. The minimum atomic E-state index is -4.66. The molecule has 1 saturated carbocycles. The summed E-state index contributed by atoms with van der Waals surface area (Å²) < 4.78 is 101. The number of benzene rings is 7. The lowest BCUT2D eigenvalue weighted by Gasteiger charge is -2.42. The maximum absolute atomic E-state index is 14.6. The zero-order valence-corrected chi connectivity index (χ0v) is 32.0. The Hall–Kier alpha value is -6.68. The van der Waals surface area contributed by atoms with Crippen molar-refractivity contribution in [2.24, 2.45) is 0 Å². The van der Waals surface area contributed by atoms with Gasteiger partial charge in [-0.05, 0) is 109 Å². The highest BCUT2D eigenvalue weighted by atomic mass is 19.4. The van der Waals surface area contributed by atoms with E-state index in [1.165, 1.54) is 12.1 Å². The minimum absolute atomic E-state index is 0.164. The summed E-state index contributed by atoms with van der Waals surface area (Å²) in [5, 5.41) is 0. The third-order valence-corrected chi connectivity index (χ3v) is 11.6. The number of halogens is 6. The van der Waals surface area contributed by atoms with E-state index in [9.17, 15) is 26.3 Å². The standard InChI is InChI=1S/C50H36F6N2O2/c51-49(52,53)34-18-12-16-32(28-34)36-30-37(33-17-13-19-35(29-33)50(54,55)56)48(58-40-22-6-10-26-44(40)60-45-27-11-7-23-41(45)58)46(31-14-2-1-3-15-31)47(36)57-38-20-4-8-24-42(38)59-43-25-9-5-21-39(43)57/h4-13,16-31H,1-3,14-15H2. The lowest BCUT2D eigenvalue weighted by molar-refractivity contribution is -0.138. The second-order valence-corrected chi connectivity index (χ2v) is 15.3. The molecule has 2 heterocycles. The molecule has 3 aliphatic rings. The molecule has 2 aliphatic heterocycles. The van der Waals surface area contributed by atoms with Crippen LogP contribution >= 0.6 is 0 Å². The van der Waals surface area contributed by atoms with E-state index in [2.05, 4.69) is 9.80 Å². The monoisotopic (exact) mass is 810 g/mol. The zero-order valence-electron chi connectivity index (χ0n) is 32.0. The Kier molecular flexibility index (Phi) is 9.11. The summed E-state index contributed by atoms with van der Waals surface area (Å²) in [7, 11) is 0. The van der Waals surface area contributed by atoms with Crippen molar-refractivity contribution < 1.29 is 35.8 Å². The molecular weight excluding hydrogens is 775 g/mol. The fourth-order valence-corrected chi connectivity index (χ4v) is 9.00. The van der Waals surface area contributed by atoms with E-state index < -0.39 is 23.5 Å². The zero-order chi connectivity index (χ0) is 41.2. The number of alkyl halides is 6. The quantitative estimate of drug-likeness (QED) is 0.162. The first-order chi connectivity index (χ1) is 29.0. The number of hydrogen-bond donors (Lipinski definition) is 0. The lowest BCUT2D eigenvalue weighted by Crippen LogP contribution is -2.24. The molecule has 0 bridgehead atoms. The summed E-state index contributed by atoms with van der Waals surface area (Å²) in [4.78, 5) is 4.15. The van der Waals surface area contributed by atoms with Crippen LogP contribution in [-0.4, -0.2) is 0 Å². The van der Waals surface area contributed by atoms with Crippen LogP contribution in [0, 0.1) is 0 Å². The third kappa shape index (κ3) is 6.51. The molecular formula is C50H36F6N2O2. The highest BCUT2D eigenvalue weighted by Crippen LogP contribution is 2.62. The van der Waals surface area contributed by atoms with Gasteiger partial charge in [0.25, 0.3) is 0 Å². The number of rotatable bonds is 5. The van der Waals surface area contributed by atoms with Crippen LogP contribution < -0.4 is 19.3 Å². The van der Waals surface area contributed by atoms with Gasteiger partial charge >= 0.3 is 12.4 Å². The second-order valence-electron chi connectivity index (χ2n) is 15.3. The fraction of sp³-hybridized carbons (Fsp3) is 0.160. The predicted molar refractivity (Wildman–Crippen MR) is 223 cm³/mol. The molecule has 0 unspecified atom stereocenters. The first kappa shape index (κ1) is 37.6. The summed E-state index contributed by atoms with van der Waals surface area (Å²) in [5.74, 6) is 2.03. The van der Waals surface area contributed by atoms with E-state index in [1.807, 2.05) is 97.1 Å². The van der Waals surface area contributed by atoms with Crippen molar-refractivity contribution in [1.29, 1.82) is 0 Å². The van der Waals surface area contributed by atoms with E-state index in [1.54, 1.807) is 18.2 Å². The molecule has 0 radical (unpaired) electrons. The molecule has 0 aromatic heterocycles. The van der Waals surface area contributed by atoms with Crippen LogP contribution in [0.2, 0.25) is 0 Å². The third-order valence-electron chi connectivity index (χ3n) is 11.6. The van der Waals surface area contributed by atoms with Gasteiger partial charge in [0.1, 0.15) is 0 Å². The first-order valence-electron chi connectivity index (χ1n) is 19.9. The molecule has 7 aromatic rings. The van der Waals surface area contributed by atoms with Crippen LogP contribution in [0.3, 0.4) is 0 Å². The van der Waals surface area contributed by atoms with Gasteiger partial charge in [0.15, 0.2) is 23.0 Å². The number of ether oxygens (including phenoxy) is 2. The van der Waals surface area contributed by atoms with Gasteiger partial charge < -0.3 is 19.3 Å². The summed E-state index contributed by atoms with van der Waals surface area (Å²) in [6.07, 6.45) is -5.05. The molecule has 0 amide bonds. The van der Waals surface area contributed by atoms with Crippen LogP contribution in [0.1, 0.15) is 54.7 Å². The van der Waals surface area contributed by atoms with E-state index >= 15 is 0 Å². The highest BCUT2D eigenvalue weighted by molar-refractivity contribution is 6.04. The normalized spacial score (nSPS) is 15.0. The van der Waals surface area contributed by atoms with E-state index in [0.717, 1.165) is 61.9 Å². The molecule has 10 heteroatoms. The predicted octanol–water partition coefficient (Wildman–Crippen LogP) is 16.3. The summed E-state index contributed by atoms with van der Waals surface area (Å²) in [5.41, 5.74) is 4.43. The number of fused-ring (bicyclic) bond motifs is 4. The average Bonchev–Trinajstić information content (AvgIpc) is 3.26. The molecule has 10 rings (SSSR count). The molecule has 7 aromatic carbocycles. The maximum atomic E-state index is 14.6. The molecule has 1 fully saturated rings. The van der Waals surface area contributed by atoms with E-state index in [4.69, 9.17) is 9.47 Å². The minimum Gasteiger partial charge on any atom is -0.453 e. The Morgan fingerprint density at radius 2 is 0.783 bits per heavy atom. The van der Waals surface area contributed by atoms with Gasteiger partial charge in [0.2, 0.25) is 0 Å². The molecule has 0 saturated heterocycles. The highest BCUT2D eigenvalue weighted by Gasteiger charge is 2.40.